The van der Waals surface area contributed by atoms with Gasteiger partial charge in [0.15, 0.2) is 6.10 Å². The van der Waals surface area contributed by atoms with Crippen LogP contribution in [0.25, 0.3) is 0 Å². The summed E-state index contributed by atoms with van der Waals surface area (Å²) in [6, 6.07) is 15.4. The predicted octanol–water partition coefficient (Wildman–Crippen LogP) is 3.23. The molecule has 1 aliphatic rings. The normalized spacial score (nSPS) is 18.1. The van der Waals surface area contributed by atoms with Crippen LogP contribution >= 0.6 is 12.4 Å². The number of rotatable bonds is 4. The number of ether oxygens (including phenoxy) is 2. The van der Waals surface area contributed by atoms with E-state index in [1.807, 2.05) is 0 Å². The second kappa shape index (κ2) is 8.65. The molecule has 6 heteroatoms. The molecule has 126 valence electrons. The highest BCUT2D eigenvalue weighted by molar-refractivity contribution is 5.85. The molecular weight excluding hydrogens is 331 g/mol. The van der Waals surface area contributed by atoms with Gasteiger partial charge in [0, 0.05) is 13.1 Å². The van der Waals surface area contributed by atoms with E-state index in [2.05, 4.69) is 11.4 Å². The summed E-state index contributed by atoms with van der Waals surface area (Å²) in [5, 5.41) is 12.5. The van der Waals surface area contributed by atoms with Crippen LogP contribution in [-0.2, 0) is 4.74 Å². The molecule has 0 unspecified atom stereocenters. The van der Waals surface area contributed by atoms with Crippen molar-refractivity contribution in [3.05, 3.63) is 65.5 Å². The van der Waals surface area contributed by atoms with Gasteiger partial charge in [-0.3, -0.25) is 0 Å². The molecule has 0 radical (unpaired) electrons. The van der Waals surface area contributed by atoms with Gasteiger partial charge < -0.3 is 14.8 Å². The van der Waals surface area contributed by atoms with Crippen molar-refractivity contribution in [2.24, 2.45) is 0 Å². The number of morpholine rings is 1. The quantitative estimate of drug-likeness (QED) is 0.921. The van der Waals surface area contributed by atoms with E-state index in [1.165, 1.54) is 12.1 Å². The van der Waals surface area contributed by atoms with Crippen LogP contribution in [0.15, 0.2) is 48.5 Å². The van der Waals surface area contributed by atoms with Gasteiger partial charge in [0.25, 0.3) is 0 Å². The SMILES string of the molecule is Cl.N#Cc1ccccc1O[C@@H](c1cccc(F)c1)[C@@H]1CNCCO1. The molecule has 1 aliphatic heterocycles. The van der Waals surface area contributed by atoms with Crippen molar-refractivity contribution >= 4 is 12.4 Å². The lowest BCUT2D eigenvalue weighted by molar-refractivity contribution is -0.0434. The minimum absolute atomic E-state index is 0. The van der Waals surface area contributed by atoms with E-state index in [4.69, 9.17) is 9.47 Å². The highest BCUT2D eigenvalue weighted by Crippen LogP contribution is 2.29. The van der Waals surface area contributed by atoms with Gasteiger partial charge >= 0.3 is 0 Å². The maximum Gasteiger partial charge on any atom is 0.151 e. The third-order valence-electron chi connectivity index (χ3n) is 3.73. The zero-order valence-corrected chi connectivity index (χ0v) is 13.8. The first-order valence-corrected chi connectivity index (χ1v) is 7.51. The third kappa shape index (κ3) is 4.24. The van der Waals surface area contributed by atoms with Gasteiger partial charge in [-0.25, -0.2) is 4.39 Å². The van der Waals surface area contributed by atoms with Crippen molar-refractivity contribution in [1.82, 2.24) is 5.32 Å². The van der Waals surface area contributed by atoms with E-state index in [1.54, 1.807) is 36.4 Å². The molecule has 2 aromatic carbocycles. The molecule has 0 aromatic heterocycles. The summed E-state index contributed by atoms with van der Waals surface area (Å²) < 4.78 is 25.5. The largest absolute Gasteiger partial charge is 0.482 e. The fourth-order valence-corrected chi connectivity index (χ4v) is 2.62. The summed E-state index contributed by atoms with van der Waals surface area (Å²) >= 11 is 0. The van der Waals surface area contributed by atoms with Crippen molar-refractivity contribution in [2.75, 3.05) is 19.7 Å². The first-order valence-electron chi connectivity index (χ1n) is 7.51. The van der Waals surface area contributed by atoms with E-state index in [9.17, 15) is 9.65 Å². The number of nitrogens with zero attached hydrogens (tertiary/aromatic N) is 1. The topological polar surface area (TPSA) is 54.3 Å². The molecule has 0 saturated carbocycles. The smallest absolute Gasteiger partial charge is 0.151 e. The van der Waals surface area contributed by atoms with Gasteiger partial charge in [0.1, 0.15) is 23.7 Å². The highest BCUT2D eigenvalue weighted by Gasteiger charge is 2.28. The van der Waals surface area contributed by atoms with E-state index in [0.717, 1.165) is 6.54 Å². The Morgan fingerprint density at radius 3 is 2.79 bits per heavy atom. The molecule has 1 heterocycles. The molecule has 1 fully saturated rings. The molecule has 2 aromatic rings. The fourth-order valence-electron chi connectivity index (χ4n) is 2.62. The Balaban J connectivity index is 0.00000208. The molecule has 3 rings (SSSR count). The Hall–Kier alpha value is -2.13. The van der Waals surface area contributed by atoms with E-state index in [-0.39, 0.29) is 24.3 Å². The minimum Gasteiger partial charge on any atom is -0.482 e. The summed E-state index contributed by atoms with van der Waals surface area (Å²) in [6.07, 6.45) is -0.745. The Morgan fingerprint density at radius 2 is 2.08 bits per heavy atom. The van der Waals surface area contributed by atoms with Crippen LogP contribution < -0.4 is 10.1 Å². The van der Waals surface area contributed by atoms with Crippen molar-refractivity contribution in [1.29, 1.82) is 5.26 Å². The lowest BCUT2D eigenvalue weighted by Gasteiger charge is -2.31. The van der Waals surface area contributed by atoms with Gasteiger partial charge in [-0.2, -0.15) is 5.26 Å². The fraction of sp³-hybridized carbons (Fsp3) is 0.278. The average Bonchev–Trinajstić information content (AvgIpc) is 2.60. The van der Waals surface area contributed by atoms with E-state index < -0.39 is 6.10 Å². The van der Waals surface area contributed by atoms with Crippen LogP contribution in [-0.4, -0.2) is 25.8 Å². The number of halogens is 2. The second-order valence-corrected chi connectivity index (χ2v) is 5.31. The molecule has 0 aliphatic carbocycles. The predicted molar refractivity (Wildman–Crippen MR) is 90.8 cm³/mol. The number of benzene rings is 2. The maximum atomic E-state index is 13.6. The maximum absolute atomic E-state index is 13.6. The van der Waals surface area contributed by atoms with Crippen LogP contribution in [0.1, 0.15) is 17.2 Å². The van der Waals surface area contributed by atoms with Crippen LogP contribution in [0.2, 0.25) is 0 Å². The van der Waals surface area contributed by atoms with Crippen LogP contribution in [0.5, 0.6) is 5.75 Å². The molecule has 4 nitrogen and oxygen atoms in total. The van der Waals surface area contributed by atoms with Crippen molar-refractivity contribution < 1.29 is 13.9 Å². The summed E-state index contributed by atoms with van der Waals surface area (Å²) in [6.45, 7) is 1.96. The Kier molecular flexibility index (Phi) is 6.56. The Labute approximate surface area is 146 Å². The Morgan fingerprint density at radius 1 is 1.25 bits per heavy atom. The van der Waals surface area contributed by atoms with Crippen LogP contribution in [0.4, 0.5) is 4.39 Å². The molecule has 0 bridgehead atoms. The number of nitrogens with one attached hydrogen (secondary N) is 1. The van der Waals surface area contributed by atoms with Gasteiger partial charge in [-0.1, -0.05) is 24.3 Å². The van der Waals surface area contributed by atoms with Gasteiger partial charge in [-0.05, 0) is 29.8 Å². The van der Waals surface area contributed by atoms with Gasteiger partial charge in [0.2, 0.25) is 0 Å². The summed E-state index contributed by atoms with van der Waals surface area (Å²) in [7, 11) is 0. The van der Waals surface area contributed by atoms with E-state index in [0.29, 0.717) is 30.0 Å². The monoisotopic (exact) mass is 348 g/mol. The Bertz CT molecular complexity index is 714. The van der Waals surface area contributed by atoms with Gasteiger partial charge in [-0.15, -0.1) is 12.4 Å². The average molecular weight is 349 g/mol. The van der Waals surface area contributed by atoms with Gasteiger partial charge in [0.05, 0.1) is 12.2 Å². The molecule has 2 atom stereocenters. The molecule has 0 amide bonds. The zero-order valence-electron chi connectivity index (χ0n) is 12.9. The number of hydrogen-bond acceptors (Lipinski definition) is 4. The molecule has 1 N–H and O–H groups in total. The third-order valence-corrected chi connectivity index (χ3v) is 3.73. The van der Waals surface area contributed by atoms with Crippen LogP contribution in [0.3, 0.4) is 0 Å². The van der Waals surface area contributed by atoms with Crippen LogP contribution in [0, 0.1) is 17.1 Å². The minimum atomic E-state index is -0.493. The lowest BCUT2D eigenvalue weighted by atomic mass is 10.0. The lowest BCUT2D eigenvalue weighted by Crippen LogP contribution is -2.43. The molecule has 24 heavy (non-hydrogen) atoms. The van der Waals surface area contributed by atoms with Crippen molar-refractivity contribution in [3.8, 4) is 11.8 Å². The molecular formula is C18H18ClFN2O2. The van der Waals surface area contributed by atoms with Crippen molar-refractivity contribution in [2.45, 2.75) is 12.2 Å². The summed E-state index contributed by atoms with van der Waals surface area (Å²) in [4.78, 5) is 0. The molecule has 1 saturated heterocycles. The van der Waals surface area contributed by atoms with Crippen molar-refractivity contribution in [3.63, 3.8) is 0 Å². The second-order valence-electron chi connectivity index (χ2n) is 5.31. The zero-order chi connectivity index (χ0) is 16.1. The van der Waals surface area contributed by atoms with E-state index >= 15 is 0 Å². The number of hydrogen-bond donors (Lipinski definition) is 1. The first kappa shape index (κ1) is 18.2. The number of para-hydroxylation sites is 1. The highest BCUT2D eigenvalue weighted by atomic mass is 35.5. The summed E-state index contributed by atoms with van der Waals surface area (Å²) in [5.74, 6) is 0.145. The summed E-state index contributed by atoms with van der Waals surface area (Å²) in [5.41, 5.74) is 1.13. The first-order chi connectivity index (χ1) is 11.3. The standard InChI is InChI=1S/C18H17FN2O2.ClH/c19-15-6-3-5-13(10-15)18(17-12-21-8-9-22-17)23-16-7-2-1-4-14(16)11-20;/h1-7,10,17-18,21H,8-9,12H2;1H/t17-,18-;/m0./s1. The molecule has 0 spiro atoms. The number of nitriles is 1.